The number of carbonyl (C=O) groups excluding carboxylic acids is 1. The molecule has 0 radical (unpaired) electrons. The highest BCUT2D eigenvalue weighted by molar-refractivity contribution is 5.97. The van der Waals surface area contributed by atoms with Gasteiger partial charge in [-0.1, -0.05) is 33.1 Å². The molecule has 0 aromatic carbocycles. The van der Waals surface area contributed by atoms with E-state index in [9.17, 15) is 9.18 Å². The predicted octanol–water partition coefficient (Wildman–Crippen LogP) is 3.13. The molecule has 0 bridgehead atoms. The van der Waals surface area contributed by atoms with Gasteiger partial charge in [0.2, 0.25) is 0 Å². The number of hydrogen-bond donors (Lipinski definition) is 1. The zero-order valence-corrected chi connectivity index (χ0v) is 9.98. The Bertz CT molecular complexity index is 267. The molecule has 1 N–H and O–H groups in total. The zero-order valence-electron chi connectivity index (χ0n) is 9.98. The summed E-state index contributed by atoms with van der Waals surface area (Å²) in [6.45, 7) is 14.3. The lowest BCUT2D eigenvalue weighted by Gasteiger charge is -2.05. The molecule has 0 aromatic rings. The van der Waals surface area contributed by atoms with Gasteiger partial charge in [-0.3, -0.25) is 4.79 Å². The summed E-state index contributed by atoms with van der Waals surface area (Å²) in [6.07, 6.45) is 1.32. The van der Waals surface area contributed by atoms with Gasteiger partial charge in [-0.25, -0.2) is 4.39 Å². The third kappa shape index (κ3) is 5.83. The van der Waals surface area contributed by atoms with E-state index in [4.69, 9.17) is 0 Å². The molecular formula is C12H20FNO. The first kappa shape index (κ1) is 16.1. The molecule has 0 saturated carbocycles. The van der Waals surface area contributed by atoms with Gasteiger partial charge in [0.15, 0.2) is 0 Å². The van der Waals surface area contributed by atoms with E-state index in [1.54, 1.807) is 6.92 Å². The van der Waals surface area contributed by atoms with Crippen molar-refractivity contribution in [1.29, 1.82) is 0 Å². The third-order valence-corrected chi connectivity index (χ3v) is 1.60. The van der Waals surface area contributed by atoms with Crippen molar-refractivity contribution >= 4 is 5.91 Å². The van der Waals surface area contributed by atoms with Crippen molar-refractivity contribution in [1.82, 2.24) is 5.32 Å². The van der Waals surface area contributed by atoms with Crippen molar-refractivity contribution in [2.24, 2.45) is 0 Å². The van der Waals surface area contributed by atoms with E-state index in [2.05, 4.69) is 18.5 Å². The molecule has 0 saturated heterocycles. The van der Waals surface area contributed by atoms with Gasteiger partial charge in [-0.15, -0.1) is 0 Å². The fraction of sp³-hybridized carbons (Fsp3) is 0.417. The van der Waals surface area contributed by atoms with Crippen LogP contribution in [0.3, 0.4) is 0 Å². The zero-order chi connectivity index (χ0) is 12.4. The number of rotatable bonds is 4. The lowest BCUT2D eigenvalue weighted by atomic mass is 10.1. The fourth-order valence-corrected chi connectivity index (χ4v) is 0.818. The molecule has 0 aromatic heterocycles. The number of likely N-dealkylation sites (N-methyl/N-ethyl adjacent to an activating group) is 1. The maximum Gasteiger partial charge on any atom is 0.251 e. The summed E-state index contributed by atoms with van der Waals surface area (Å²) in [5, 5.41) is 2.56. The molecule has 0 fully saturated rings. The van der Waals surface area contributed by atoms with Crippen LogP contribution >= 0.6 is 0 Å². The molecule has 0 atom stereocenters. The molecular weight excluding hydrogens is 193 g/mol. The lowest BCUT2D eigenvalue weighted by molar-refractivity contribution is -0.117. The van der Waals surface area contributed by atoms with Crippen molar-refractivity contribution in [2.75, 3.05) is 6.54 Å². The van der Waals surface area contributed by atoms with E-state index in [0.29, 0.717) is 6.54 Å². The van der Waals surface area contributed by atoms with E-state index < -0.39 is 5.83 Å². The van der Waals surface area contributed by atoms with Crippen molar-refractivity contribution < 1.29 is 9.18 Å². The Labute approximate surface area is 91.6 Å². The van der Waals surface area contributed by atoms with E-state index in [1.807, 2.05) is 13.8 Å². The normalized spacial score (nSPS) is 10.5. The Balaban J connectivity index is 0. The van der Waals surface area contributed by atoms with Crippen molar-refractivity contribution in [2.45, 2.75) is 27.7 Å². The first-order valence-corrected chi connectivity index (χ1v) is 5.00. The van der Waals surface area contributed by atoms with Gasteiger partial charge < -0.3 is 5.32 Å². The summed E-state index contributed by atoms with van der Waals surface area (Å²) in [4.78, 5) is 11.3. The standard InChI is InChI=1S/C10H14FNO.C2H6/c1-5-9(7(3)8(4)11)10(13)12-6-2;1-2/h5H,1,4,6H2,2-3H3,(H,12,13);1-2H3/b9-7+;. The van der Waals surface area contributed by atoms with Crippen LogP contribution in [0.4, 0.5) is 4.39 Å². The summed E-state index contributed by atoms with van der Waals surface area (Å²) in [7, 11) is 0. The molecule has 0 rings (SSSR count). The van der Waals surface area contributed by atoms with Crippen LogP contribution in [0.1, 0.15) is 27.7 Å². The SMILES string of the molecule is C=C/C(C(=O)NCC)=C(/C)C(=C)F.CC. The Morgan fingerprint density at radius 2 is 1.93 bits per heavy atom. The molecule has 0 aliphatic heterocycles. The van der Waals surface area contributed by atoms with Crippen LogP contribution in [0.15, 0.2) is 36.2 Å². The highest BCUT2D eigenvalue weighted by Gasteiger charge is 2.09. The summed E-state index contributed by atoms with van der Waals surface area (Å²) < 4.78 is 12.7. The lowest BCUT2D eigenvalue weighted by Crippen LogP contribution is -2.24. The molecule has 0 heterocycles. The minimum Gasteiger partial charge on any atom is -0.352 e. The van der Waals surface area contributed by atoms with Crippen molar-refractivity contribution in [3.8, 4) is 0 Å². The van der Waals surface area contributed by atoms with Gasteiger partial charge in [0.25, 0.3) is 5.91 Å². The minimum absolute atomic E-state index is 0.223. The monoisotopic (exact) mass is 213 g/mol. The Morgan fingerprint density at radius 3 is 2.20 bits per heavy atom. The number of amides is 1. The first-order valence-electron chi connectivity index (χ1n) is 5.00. The average molecular weight is 213 g/mol. The first-order chi connectivity index (χ1) is 7.04. The predicted molar refractivity (Wildman–Crippen MR) is 63.2 cm³/mol. The summed E-state index contributed by atoms with van der Waals surface area (Å²) in [5.74, 6) is -0.935. The maximum atomic E-state index is 12.7. The van der Waals surface area contributed by atoms with Crippen molar-refractivity contribution in [3.05, 3.63) is 36.2 Å². The number of allylic oxidation sites excluding steroid dienone is 2. The van der Waals surface area contributed by atoms with Crippen LogP contribution in [0.5, 0.6) is 0 Å². The van der Waals surface area contributed by atoms with Crippen LogP contribution < -0.4 is 5.32 Å². The van der Waals surface area contributed by atoms with Crippen LogP contribution in [0.25, 0.3) is 0 Å². The Kier molecular flexibility index (Phi) is 9.84. The number of nitrogens with one attached hydrogen (secondary N) is 1. The topological polar surface area (TPSA) is 29.1 Å². The van der Waals surface area contributed by atoms with Crippen LogP contribution in [-0.4, -0.2) is 12.5 Å². The fourth-order valence-electron chi connectivity index (χ4n) is 0.818. The molecule has 86 valence electrons. The number of hydrogen-bond acceptors (Lipinski definition) is 1. The van der Waals surface area contributed by atoms with Gasteiger partial charge in [-0.05, 0) is 19.4 Å². The molecule has 2 nitrogen and oxygen atoms in total. The van der Waals surface area contributed by atoms with Crippen LogP contribution in [-0.2, 0) is 4.79 Å². The highest BCUT2D eigenvalue weighted by atomic mass is 19.1. The molecule has 0 aliphatic carbocycles. The molecule has 1 amide bonds. The summed E-state index contributed by atoms with van der Waals surface area (Å²) in [5.41, 5.74) is 0.454. The second-order valence-corrected chi connectivity index (χ2v) is 2.51. The smallest absolute Gasteiger partial charge is 0.251 e. The van der Waals surface area contributed by atoms with Crippen molar-refractivity contribution in [3.63, 3.8) is 0 Å². The Morgan fingerprint density at radius 1 is 1.47 bits per heavy atom. The van der Waals surface area contributed by atoms with Gasteiger partial charge in [0.05, 0.1) is 0 Å². The van der Waals surface area contributed by atoms with Gasteiger partial charge >= 0.3 is 0 Å². The van der Waals surface area contributed by atoms with Gasteiger partial charge in [0.1, 0.15) is 5.83 Å². The summed E-state index contributed by atoms with van der Waals surface area (Å²) >= 11 is 0. The second kappa shape index (κ2) is 9.19. The van der Waals surface area contributed by atoms with E-state index in [0.717, 1.165) is 0 Å². The van der Waals surface area contributed by atoms with Crippen LogP contribution in [0, 0.1) is 0 Å². The van der Waals surface area contributed by atoms with Gasteiger partial charge in [0, 0.05) is 12.1 Å². The van der Waals surface area contributed by atoms with E-state index in [1.165, 1.54) is 13.0 Å². The Hall–Kier alpha value is -1.38. The van der Waals surface area contributed by atoms with E-state index in [-0.39, 0.29) is 17.1 Å². The van der Waals surface area contributed by atoms with Crippen LogP contribution in [0.2, 0.25) is 0 Å². The minimum atomic E-state index is -0.610. The number of halogens is 1. The number of carbonyl (C=O) groups is 1. The van der Waals surface area contributed by atoms with Gasteiger partial charge in [-0.2, -0.15) is 0 Å². The van der Waals surface area contributed by atoms with E-state index >= 15 is 0 Å². The second-order valence-electron chi connectivity index (χ2n) is 2.51. The third-order valence-electron chi connectivity index (χ3n) is 1.60. The summed E-state index contributed by atoms with van der Waals surface area (Å²) in [6, 6.07) is 0. The largest absolute Gasteiger partial charge is 0.352 e. The molecule has 15 heavy (non-hydrogen) atoms. The molecule has 3 heteroatoms. The average Bonchev–Trinajstić information content (AvgIpc) is 2.22. The quantitative estimate of drug-likeness (QED) is 0.564. The highest BCUT2D eigenvalue weighted by Crippen LogP contribution is 2.14. The molecule has 0 spiro atoms. The molecule has 0 aliphatic rings. The maximum absolute atomic E-state index is 12.7. The molecule has 0 unspecified atom stereocenters.